The van der Waals surface area contributed by atoms with E-state index in [9.17, 15) is 0 Å². The van der Waals surface area contributed by atoms with Gasteiger partial charge >= 0.3 is 0 Å². The minimum atomic E-state index is 0. The monoisotopic (exact) mass is 290 g/mol. The molecule has 2 N–H and O–H groups in total. The third-order valence-corrected chi connectivity index (χ3v) is 5.13. The lowest BCUT2D eigenvalue weighted by Crippen LogP contribution is -2.50. The number of nitrogens with one attached hydrogen (secondary N) is 2. The van der Waals surface area contributed by atoms with Gasteiger partial charge in [0.1, 0.15) is 0 Å². The molecule has 108 valence electrons. The highest BCUT2D eigenvalue weighted by molar-refractivity contribution is 5.85. The number of H-pyrrole nitrogens is 1. The van der Waals surface area contributed by atoms with Crippen molar-refractivity contribution in [2.45, 2.75) is 44.6 Å². The van der Waals surface area contributed by atoms with Crippen LogP contribution in [0.2, 0.25) is 0 Å². The van der Waals surface area contributed by atoms with Crippen molar-refractivity contribution in [3.63, 3.8) is 0 Å². The normalized spacial score (nSPS) is 29.1. The van der Waals surface area contributed by atoms with Crippen LogP contribution in [0.4, 0.5) is 0 Å². The standard InChI is InChI=1S/C17H22N2.ClH/c1-12-5-4-9-17(11-12)16-14(8-10-18-17)13-6-2-3-7-15(13)19-16;/h2-3,6-7,12,18-19H,4-5,8-11H2,1H3;1H. The van der Waals surface area contributed by atoms with Gasteiger partial charge in [0.25, 0.3) is 0 Å². The van der Waals surface area contributed by atoms with E-state index in [1.807, 2.05) is 0 Å². The van der Waals surface area contributed by atoms with Crippen molar-refractivity contribution in [3.05, 3.63) is 35.5 Å². The number of hydrogen-bond acceptors (Lipinski definition) is 1. The van der Waals surface area contributed by atoms with Gasteiger partial charge in [0.05, 0.1) is 5.54 Å². The predicted molar refractivity (Wildman–Crippen MR) is 86.6 cm³/mol. The summed E-state index contributed by atoms with van der Waals surface area (Å²) < 4.78 is 0. The Labute approximate surface area is 126 Å². The molecule has 0 saturated heterocycles. The van der Waals surface area contributed by atoms with Gasteiger partial charge in [-0.1, -0.05) is 38.0 Å². The second-order valence-corrected chi connectivity index (χ2v) is 6.48. The molecule has 0 amide bonds. The largest absolute Gasteiger partial charge is 0.357 e. The number of aromatic nitrogens is 1. The van der Waals surface area contributed by atoms with Crippen molar-refractivity contribution in [1.29, 1.82) is 0 Å². The minimum Gasteiger partial charge on any atom is -0.357 e. The zero-order valence-electron chi connectivity index (χ0n) is 12.0. The Bertz CT molecular complexity index is 618. The minimum absolute atomic E-state index is 0. The summed E-state index contributed by atoms with van der Waals surface area (Å²) in [7, 11) is 0. The first-order valence-corrected chi connectivity index (χ1v) is 7.64. The zero-order chi connectivity index (χ0) is 12.9. The highest BCUT2D eigenvalue weighted by atomic mass is 35.5. The third kappa shape index (κ3) is 1.97. The molecule has 1 spiro atoms. The van der Waals surface area contributed by atoms with Crippen molar-refractivity contribution < 1.29 is 0 Å². The van der Waals surface area contributed by atoms with E-state index in [1.165, 1.54) is 42.3 Å². The van der Waals surface area contributed by atoms with E-state index in [0.29, 0.717) is 0 Å². The van der Waals surface area contributed by atoms with Crippen molar-refractivity contribution in [3.8, 4) is 0 Å². The van der Waals surface area contributed by atoms with Crippen LogP contribution in [0, 0.1) is 5.92 Å². The van der Waals surface area contributed by atoms with E-state index in [2.05, 4.69) is 41.5 Å². The molecular weight excluding hydrogens is 268 g/mol. The second kappa shape index (κ2) is 5.09. The van der Waals surface area contributed by atoms with Crippen LogP contribution in [-0.4, -0.2) is 11.5 Å². The SMILES string of the molecule is CC1CCCC2(C1)NCCc1c2[nH]c2ccccc12.Cl. The molecule has 1 aliphatic carbocycles. The van der Waals surface area contributed by atoms with E-state index in [-0.39, 0.29) is 17.9 Å². The lowest BCUT2D eigenvalue weighted by molar-refractivity contribution is 0.175. The van der Waals surface area contributed by atoms with Crippen LogP contribution in [0.1, 0.15) is 43.9 Å². The molecule has 2 nitrogen and oxygen atoms in total. The van der Waals surface area contributed by atoms with Crippen LogP contribution < -0.4 is 5.32 Å². The Kier molecular flexibility index (Phi) is 3.55. The van der Waals surface area contributed by atoms with Crippen LogP contribution in [0.25, 0.3) is 10.9 Å². The summed E-state index contributed by atoms with van der Waals surface area (Å²) in [6.07, 6.45) is 6.47. The lowest BCUT2D eigenvalue weighted by atomic mass is 9.72. The molecule has 1 aromatic carbocycles. The molecule has 1 saturated carbocycles. The number of rotatable bonds is 0. The number of benzene rings is 1. The van der Waals surface area contributed by atoms with E-state index in [4.69, 9.17) is 0 Å². The first-order chi connectivity index (χ1) is 9.28. The van der Waals surface area contributed by atoms with Gasteiger partial charge in [0.15, 0.2) is 0 Å². The first-order valence-electron chi connectivity index (χ1n) is 7.64. The molecule has 2 unspecified atom stereocenters. The molecule has 1 aromatic heterocycles. The maximum Gasteiger partial charge on any atom is 0.0592 e. The van der Waals surface area contributed by atoms with Gasteiger partial charge in [-0.25, -0.2) is 0 Å². The Morgan fingerprint density at radius 3 is 2.95 bits per heavy atom. The summed E-state index contributed by atoms with van der Waals surface area (Å²) in [5.41, 5.74) is 4.60. The summed E-state index contributed by atoms with van der Waals surface area (Å²) in [4.78, 5) is 3.73. The smallest absolute Gasteiger partial charge is 0.0592 e. The summed E-state index contributed by atoms with van der Waals surface area (Å²) >= 11 is 0. The molecule has 1 aliphatic heterocycles. The van der Waals surface area contributed by atoms with Crippen LogP contribution in [0.3, 0.4) is 0 Å². The fraction of sp³-hybridized carbons (Fsp3) is 0.529. The number of halogens is 1. The van der Waals surface area contributed by atoms with Gasteiger partial charge in [-0.05, 0) is 36.8 Å². The van der Waals surface area contributed by atoms with Gasteiger partial charge in [0.2, 0.25) is 0 Å². The van der Waals surface area contributed by atoms with Crippen molar-refractivity contribution >= 4 is 23.3 Å². The Hall–Kier alpha value is -0.990. The Morgan fingerprint density at radius 2 is 2.10 bits per heavy atom. The topological polar surface area (TPSA) is 27.8 Å². The molecule has 20 heavy (non-hydrogen) atoms. The number of hydrogen-bond donors (Lipinski definition) is 2. The molecule has 2 atom stereocenters. The summed E-state index contributed by atoms with van der Waals surface area (Å²) in [5, 5.41) is 5.29. The Balaban J connectivity index is 0.00000121. The third-order valence-electron chi connectivity index (χ3n) is 5.13. The van der Waals surface area contributed by atoms with Gasteiger partial charge in [-0.3, -0.25) is 0 Å². The molecule has 2 aliphatic rings. The van der Waals surface area contributed by atoms with E-state index in [1.54, 1.807) is 5.56 Å². The number of fused-ring (bicyclic) bond motifs is 4. The molecule has 4 rings (SSSR count). The second-order valence-electron chi connectivity index (χ2n) is 6.48. The van der Waals surface area contributed by atoms with Crippen LogP contribution in [0.15, 0.2) is 24.3 Å². The zero-order valence-corrected chi connectivity index (χ0v) is 12.9. The fourth-order valence-electron chi connectivity index (χ4n) is 4.32. The first kappa shape index (κ1) is 14.0. The van der Waals surface area contributed by atoms with Crippen LogP contribution >= 0.6 is 12.4 Å². The van der Waals surface area contributed by atoms with Crippen molar-refractivity contribution in [1.82, 2.24) is 10.3 Å². The summed E-state index contributed by atoms with van der Waals surface area (Å²) in [5.74, 6) is 0.832. The van der Waals surface area contributed by atoms with Gasteiger partial charge in [-0.2, -0.15) is 0 Å². The number of aromatic amines is 1. The predicted octanol–water partition coefficient (Wildman–Crippen LogP) is 4.14. The van der Waals surface area contributed by atoms with Crippen molar-refractivity contribution in [2.24, 2.45) is 5.92 Å². The highest BCUT2D eigenvalue weighted by Crippen LogP contribution is 2.44. The number of para-hydroxylation sites is 1. The fourth-order valence-corrected chi connectivity index (χ4v) is 4.32. The molecule has 3 heteroatoms. The average Bonchev–Trinajstić information content (AvgIpc) is 2.80. The van der Waals surface area contributed by atoms with Crippen LogP contribution in [0.5, 0.6) is 0 Å². The van der Waals surface area contributed by atoms with Gasteiger partial charge in [-0.15, -0.1) is 12.4 Å². The van der Waals surface area contributed by atoms with Gasteiger partial charge < -0.3 is 10.3 Å². The molecule has 1 fully saturated rings. The average molecular weight is 291 g/mol. The summed E-state index contributed by atoms with van der Waals surface area (Å²) in [6.45, 7) is 3.53. The van der Waals surface area contributed by atoms with Gasteiger partial charge in [0, 0.05) is 23.1 Å². The molecule has 0 bridgehead atoms. The van der Waals surface area contributed by atoms with E-state index < -0.39 is 0 Å². The van der Waals surface area contributed by atoms with Crippen molar-refractivity contribution in [2.75, 3.05) is 6.54 Å². The highest BCUT2D eigenvalue weighted by Gasteiger charge is 2.41. The lowest BCUT2D eigenvalue weighted by Gasteiger charge is -2.43. The molecular formula is C17H23ClN2. The maximum absolute atomic E-state index is 3.85. The molecule has 2 aromatic rings. The van der Waals surface area contributed by atoms with E-state index in [0.717, 1.165) is 18.9 Å². The summed E-state index contributed by atoms with van der Waals surface area (Å²) in [6, 6.07) is 8.78. The maximum atomic E-state index is 3.85. The molecule has 0 radical (unpaired) electrons. The quantitative estimate of drug-likeness (QED) is 0.750. The van der Waals surface area contributed by atoms with Crippen LogP contribution in [-0.2, 0) is 12.0 Å². The molecule has 2 heterocycles. The van der Waals surface area contributed by atoms with E-state index >= 15 is 0 Å². The Morgan fingerprint density at radius 1 is 1.25 bits per heavy atom.